The summed E-state index contributed by atoms with van der Waals surface area (Å²) in [6, 6.07) is 15.6. The van der Waals surface area contributed by atoms with Gasteiger partial charge in [-0.2, -0.15) is 0 Å². The molecule has 1 amide bonds. The van der Waals surface area contributed by atoms with Crippen LogP contribution in [0.2, 0.25) is 0 Å². The highest BCUT2D eigenvalue weighted by Crippen LogP contribution is 2.28. The maximum atomic E-state index is 12.6. The molecule has 1 heterocycles. The summed E-state index contributed by atoms with van der Waals surface area (Å²) >= 11 is 0. The van der Waals surface area contributed by atoms with Crippen molar-refractivity contribution in [1.29, 1.82) is 0 Å². The number of fused-ring (bicyclic) bond motifs is 3. The third-order valence-electron chi connectivity index (χ3n) is 6.70. The van der Waals surface area contributed by atoms with Crippen LogP contribution < -0.4 is 10.1 Å². The molecule has 1 saturated carbocycles. The maximum Gasteiger partial charge on any atom is 0.251 e. The van der Waals surface area contributed by atoms with Gasteiger partial charge in [0.05, 0.1) is 6.61 Å². The van der Waals surface area contributed by atoms with E-state index in [1.165, 1.54) is 49.8 Å². The second-order valence-corrected chi connectivity index (χ2v) is 9.89. The predicted octanol–water partition coefficient (Wildman–Crippen LogP) is 5.58. The Morgan fingerprint density at radius 3 is 2.69 bits per heavy atom. The average Bonchev–Trinajstić information content (AvgIpc) is 2.73. The molecule has 1 aliphatic carbocycles. The average molecular weight is 435 g/mol. The second-order valence-electron chi connectivity index (χ2n) is 9.89. The topological polar surface area (TPSA) is 41.6 Å². The molecule has 4 nitrogen and oxygen atoms in total. The molecule has 2 aromatic rings. The van der Waals surface area contributed by atoms with Gasteiger partial charge in [0.2, 0.25) is 0 Å². The molecule has 0 atom stereocenters. The summed E-state index contributed by atoms with van der Waals surface area (Å²) in [5.41, 5.74) is 4.46. The van der Waals surface area contributed by atoms with E-state index in [1.54, 1.807) is 0 Å². The molecule has 2 bridgehead atoms. The summed E-state index contributed by atoms with van der Waals surface area (Å²) in [6.07, 6.45) is 8.32. The molecular weight excluding hydrogens is 396 g/mol. The zero-order valence-electron chi connectivity index (χ0n) is 19.7. The van der Waals surface area contributed by atoms with Crippen molar-refractivity contribution >= 4 is 5.91 Å². The zero-order valence-corrected chi connectivity index (χ0v) is 19.7. The van der Waals surface area contributed by atoms with Crippen LogP contribution in [-0.4, -0.2) is 36.5 Å². The molecule has 1 fully saturated rings. The minimum atomic E-state index is -0.00852. The standard InChI is InChI=1S/C28H38N2O2/c1-21(2)19-29-28(31)24-12-13-27-25(18-24)17-22-8-6-9-23(16-22)20-30(26-10-7-11-26)14-4-3-5-15-32-27/h6,8-9,12-13,16,18,21,26H,3-5,7,10-11,14-15,17,19-20H2,1-2H3,(H,29,31). The fraction of sp³-hybridized carbons (Fsp3) is 0.536. The van der Waals surface area contributed by atoms with Crippen molar-refractivity contribution in [3.8, 4) is 5.75 Å². The maximum absolute atomic E-state index is 12.6. The van der Waals surface area contributed by atoms with Gasteiger partial charge in [-0.05, 0) is 79.5 Å². The lowest BCUT2D eigenvalue weighted by molar-refractivity contribution is 0.0949. The number of hydrogen-bond donors (Lipinski definition) is 1. The third-order valence-corrected chi connectivity index (χ3v) is 6.70. The van der Waals surface area contributed by atoms with Crippen molar-refractivity contribution in [2.24, 2.45) is 5.92 Å². The highest BCUT2D eigenvalue weighted by atomic mass is 16.5. The molecular formula is C28H38N2O2. The minimum Gasteiger partial charge on any atom is -0.493 e. The lowest BCUT2D eigenvalue weighted by Gasteiger charge is -2.38. The van der Waals surface area contributed by atoms with E-state index in [4.69, 9.17) is 4.74 Å². The lowest BCUT2D eigenvalue weighted by Crippen LogP contribution is -2.40. The largest absolute Gasteiger partial charge is 0.493 e. The number of rotatable bonds is 4. The Morgan fingerprint density at radius 1 is 1.06 bits per heavy atom. The van der Waals surface area contributed by atoms with Crippen LogP contribution in [-0.2, 0) is 13.0 Å². The smallest absolute Gasteiger partial charge is 0.251 e. The Kier molecular flexibility index (Phi) is 7.85. The highest BCUT2D eigenvalue weighted by molar-refractivity contribution is 5.94. The van der Waals surface area contributed by atoms with E-state index in [-0.39, 0.29) is 5.91 Å². The van der Waals surface area contributed by atoms with Gasteiger partial charge in [-0.15, -0.1) is 0 Å². The van der Waals surface area contributed by atoms with E-state index in [9.17, 15) is 4.79 Å². The van der Waals surface area contributed by atoms with Crippen molar-refractivity contribution in [2.45, 2.75) is 71.4 Å². The van der Waals surface area contributed by atoms with Crippen molar-refractivity contribution < 1.29 is 9.53 Å². The van der Waals surface area contributed by atoms with Crippen molar-refractivity contribution in [1.82, 2.24) is 10.2 Å². The van der Waals surface area contributed by atoms with Gasteiger partial charge < -0.3 is 10.1 Å². The predicted molar refractivity (Wildman–Crippen MR) is 130 cm³/mol. The van der Waals surface area contributed by atoms with Crippen molar-refractivity contribution in [2.75, 3.05) is 19.7 Å². The second kappa shape index (κ2) is 11.0. The molecule has 0 spiro atoms. The van der Waals surface area contributed by atoms with Gasteiger partial charge in [0.15, 0.2) is 0 Å². The minimum absolute atomic E-state index is 0.00852. The molecule has 1 aliphatic heterocycles. The van der Waals surface area contributed by atoms with Crippen LogP contribution in [0.25, 0.3) is 0 Å². The number of nitrogens with one attached hydrogen (secondary N) is 1. The first-order chi connectivity index (χ1) is 15.6. The number of hydrogen-bond acceptors (Lipinski definition) is 3. The molecule has 172 valence electrons. The Balaban J connectivity index is 1.57. The van der Waals surface area contributed by atoms with Gasteiger partial charge in [0.25, 0.3) is 5.91 Å². The quantitative estimate of drug-likeness (QED) is 0.683. The first kappa shape index (κ1) is 22.8. The summed E-state index contributed by atoms with van der Waals surface area (Å²) in [5, 5.41) is 3.04. The van der Waals surface area contributed by atoms with E-state index < -0.39 is 0 Å². The molecule has 0 unspecified atom stereocenters. The summed E-state index contributed by atoms with van der Waals surface area (Å²) < 4.78 is 6.20. The van der Waals surface area contributed by atoms with Gasteiger partial charge in [-0.3, -0.25) is 9.69 Å². The summed E-state index contributed by atoms with van der Waals surface area (Å²) in [6.45, 7) is 7.86. The summed E-state index contributed by atoms with van der Waals surface area (Å²) in [5.74, 6) is 1.33. The zero-order chi connectivity index (χ0) is 22.3. The van der Waals surface area contributed by atoms with Gasteiger partial charge >= 0.3 is 0 Å². The molecule has 0 radical (unpaired) electrons. The van der Waals surface area contributed by atoms with Crippen LogP contribution in [0, 0.1) is 5.92 Å². The van der Waals surface area contributed by atoms with E-state index in [0.717, 1.165) is 43.3 Å². The van der Waals surface area contributed by atoms with Gasteiger partial charge in [-0.25, -0.2) is 0 Å². The fourth-order valence-corrected chi connectivity index (χ4v) is 4.61. The summed E-state index contributed by atoms with van der Waals surface area (Å²) in [7, 11) is 0. The first-order valence-electron chi connectivity index (χ1n) is 12.4. The normalized spacial score (nSPS) is 18.2. The molecule has 4 heteroatoms. The summed E-state index contributed by atoms with van der Waals surface area (Å²) in [4.78, 5) is 15.3. The highest BCUT2D eigenvalue weighted by Gasteiger charge is 2.24. The SMILES string of the molecule is CC(C)CNC(=O)c1ccc2c(c1)Cc1cccc(c1)CN(C1CCC1)CCCCCO2. The van der Waals surface area contributed by atoms with Crippen LogP contribution in [0.15, 0.2) is 42.5 Å². The van der Waals surface area contributed by atoms with Crippen LogP contribution in [0.1, 0.15) is 79.4 Å². The Morgan fingerprint density at radius 2 is 1.91 bits per heavy atom. The number of carbonyl (C=O) groups is 1. The number of carbonyl (C=O) groups excluding carboxylic acids is 1. The lowest BCUT2D eigenvalue weighted by atomic mass is 9.90. The molecule has 4 rings (SSSR count). The van der Waals surface area contributed by atoms with Crippen molar-refractivity contribution in [3.63, 3.8) is 0 Å². The molecule has 0 saturated heterocycles. The number of ether oxygens (including phenoxy) is 1. The molecule has 2 aromatic carbocycles. The van der Waals surface area contributed by atoms with E-state index in [1.807, 2.05) is 18.2 Å². The van der Waals surface area contributed by atoms with E-state index in [0.29, 0.717) is 18.0 Å². The first-order valence-corrected chi connectivity index (χ1v) is 12.4. The molecule has 1 N–H and O–H groups in total. The number of nitrogens with zero attached hydrogens (tertiary/aromatic N) is 1. The van der Waals surface area contributed by atoms with Gasteiger partial charge in [0, 0.05) is 31.1 Å². The van der Waals surface area contributed by atoms with Gasteiger partial charge in [-0.1, -0.05) is 44.5 Å². The van der Waals surface area contributed by atoms with E-state index in [2.05, 4.69) is 48.3 Å². The Hall–Kier alpha value is -2.33. The number of amides is 1. The fourth-order valence-electron chi connectivity index (χ4n) is 4.61. The van der Waals surface area contributed by atoms with Gasteiger partial charge in [0.1, 0.15) is 5.75 Å². The molecule has 0 aromatic heterocycles. The van der Waals surface area contributed by atoms with Crippen LogP contribution in [0.3, 0.4) is 0 Å². The van der Waals surface area contributed by atoms with Crippen LogP contribution in [0.5, 0.6) is 5.75 Å². The van der Waals surface area contributed by atoms with Crippen molar-refractivity contribution in [3.05, 3.63) is 64.7 Å². The molecule has 32 heavy (non-hydrogen) atoms. The third kappa shape index (κ3) is 6.13. The molecule has 2 aliphatic rings. The van der Waals surface area contributed by atoms with E-state index >= 15 is 0 Å². The number of benzene rings is 2. The Labute approximate surface area is 193 Å². The van der Waals surface area contributed by atoms with Crippen LogP contribution in [0.4, 0.5) is 0 Å². The Bertz CT molecular complexity index is 904. The van der Waals surface area contributed by atoms with Crippen LogP contribution >= 0.6 is 0 Å². The monoisotopic (exact) mass is 434 g/mol.